The molecule has 0 spiro atoms. The fourth-order valence-corrected chi connectivity index (χ4v) is 3.71. The van der Waals surface area contributed by atoms with Gasteiger partial charge in [-0.2, -0.15) is 5.10 Å². The molecule has 2 aromatic carbocycles. The molecule has 6 nitrogen and oxygen atoms in total. The van der Waals surface area contributed by atoms with Gasteiger partial charge in [0.05, 0.1) is 16.7 Å². The van der Waals surface area contributed by atoms with Crippen LogP contribution in [0, 0.1) is 0 Å². The van der Waals surface area contributed by atoms with E-state index in [1.807, 2.05) is 24.3 Å². The van der Waals surface area contributed by atoms with Gasteiger partial charge in [-0.25, -0.2) is 5.43 Å². The van der Waals surface area contributed by atoms with Gasteiger partial charge >= 0.3 is 0 Å². The monoisotopic (exact) mass is 363 g/mol. The zero-order chi connectivity index (χ0) is 18.1. The standard InChI is InChI=1S/C19H13N3O3S/c23-17-9-13(11-5-1-3-7-14(11)21-17)19(25)22-20-10-16-18(24)12-6-2-4-8-15(12)26-16/h1-10,24H,(H,21,23)(H,22,25)/b20-10+. The smallest absolute Gasteiger partial charge is 0.272 e. The topological polar surface area (TPSA) is 94.5 Å². The Morgan fingerprint density at radius 1 is 1.12 bits per heavy atom. The summed E-state index contributed by atoms with van der Waals surface area (Å²) in [6.07, 6.45) is 1.40. The molecular weight excluding hydrogens is 350 g/mol. The molecule has 4 rings (SSSR count). The molecule has 0 aliphatic rings. The molecule has 0 aliphatic heterocycles. The van der Waals surface area contributed by atoms with Gasteiger partial charge in [-0.15, -0.1) is 11.3 Å². The lowest BCUT2D eigenvalue weighted by Crippen LogP contribution is -2.20. The van der Waals surface area contributed by atoms with Crippen LogP contribution in [-0.2, 0) is 0 Å². The van der Waals surface area contributed by atoms with Gasteiger partial charge in [-0.05, 0) is 18.2 Å². The number of pyridine rings is 1. The van der Waals surface area contributed by atoms with E-state index in [0.29, 0.717) is 15.8 Å². The van der Waals surface area contributed by atoms with Crippen LogP contribution in [0.5, 0.6) is 5.75 Å². The highest BCUT2D eigenvalue weighted by atomic mass is 32.1. The number of H-pyrrole nitrogens is 1. The number of carbonyl (C=O) groups excluding carboxylic acids is 1. The molecule has 0 saturated heterocycles. The number of rotatable bonds is 3. The van der Waals surface area contributed by atoms with Crippen LogP contribution >= 0.6 is 11.3 Å². The van der Waals surface area contributed by atoms with E-state index in [0.717, 1.165) is 10.1 Å². The first-order chi connectivity index (χ1) is 12.6. The van der Waals surface area contributed by atoms with E-state index in [9.17, 15) is 14.7 Å². The van der Waals surface area contributed by atoms with E-state index in [4.69, 9.17) is 0 Å². The number of hydrogen-bond acceptors (Lipinski definition) is 5. The van der Waals surface area contributed by atoms with Gasteiger partial charge in [0.1, 0.15) is 5.75 Å². The van der Waals surface area contributed by atoms with E-state index < -0.39 is 5.91 Å². The number of nitrogens with one attached hydrogen (secondary N) is 2. The molecule has 0 aliphatic carbocycles. The zero-order valence-corrected chi connectivity index (χ0v) is 14.2. The van der Waals surface area contributed by atoms with Crippen LogP contribution in [0.25, 0.3) is 21.0 Å². The number of amides is 1. The summed E-state index contributed by atoms with van der Waals surface area (Å²) >= 11 is 1.37. The average Bonchev–Trinajstić information content (AvgIpc) is 2.97. The van der Waals surface area contributed by atoms with Gasteiger partial charge in [-0.3, -0.25) is 9.59 Å². The lowest BCUT2D eigenvalue weighted by Gasteiger charge is -2.04. The van der Waals surface area contributed by atoms with Crippen LogP contribution in [0.1, 0.15) is 15.2 Å². The highest BCUT2D eigenvalue weighted by molar-refractivity contribution is 7.21. The summed E-state index contributed by atoms with van der Waals surface area (Å²) in [7, 11) is 0. The van der Waals surface area contributed by atoms with Gasteiger partial charge < -0.3 is 10.1 Å². The third-order valence-electron chi connectivity index (χ3n) is 3.94. The molecule has 1 amide bonds. The number of benzene rings is 2. The largest absolute Gasteiger partial charge is 0.506 e. The number of aromatic hydroxyl groups is 1. The Bertz CT molecular complexity index is 1220. The molecule has 0 saturated carbocycles. The van der Waals surface area contributed by atoms with Gasteiger partial charge in [0.2, 0.25) is 5.56 Å². The number of hydrazone groups is 1. The van der Waals surface area contributed by atoms with Crippen molar-refractivity contribution in [3.8, 4) is 5.75 Å². The Morgan fingerprint density at radius 3 is 2.65 bits per heavy atom. The summed E-state index contributed by atoms with van der Waals surface area (Å²) in [5.41, 5.74) is 2.87. The zero-order valence-electron chi connectivity index (χ0n) is 13.4. The molecule has 0 bridgehead atoms. The first-order valence-electron chi connectivity index (χ1n) is 7.79. The van der Waals surface area contributed by atoms with Crippen molar-refractivity contribution in [3.05, 3.63) is 75.4 Å². The molecule has 0 unspecified atom stereocenters. The van der Waals surface area contributed by atoms with Crippen molar-refractivity contribution in [1.29, 1.82) is 0 Å². The number of aromatic amines is 1. The van der Waals surface area contributed by atoms with Crippen LogP contribution in [0.2, 0.25) is 0 Å². The minimum atomic E-state index is -0.496. The molecule has 128 valence electrons. The van der Waals surface area contributed by atoms with Crippen LogP contribution in [0.4, 0.5) is 0 Å². The number of para-hydroxylation sites is 1. The van der Waals surface area contributed by atoms with Crippen molar-refractivity contribution in [2.45, 2.75) is 0 Å². The van der Waals surface area contributed by atoms with Crippen LogP contribution in [0.15, 0.2) is 64.5 Å². The highest BCUT2D eigenvalue weighted by Crippen LogP contribution is 2.35. The van der Waals surface area contributed by atoms with Crippen molar-refractivity contribution in [1.82, 2.24) is 10.4 Å². The predicted molar refractivity (Wildman–Crippen MR) is 103 cm³/mol. The lowest BCUT2D eigenvalue weighted by molar-refractivity contribution is 0.0956. The molecule has 0 atom stereocenters. The maximum absolute atomic E-state index is 12.4. The Balaban J connectivity index is 1.62. The number of fused-ring (bicyclic) bond motifs is 2. The molecule has 7 heteroatoms. The van der Waals surface area contributed by atoms with E-state index in [1.165, 1.54) is 23.6 Å². The normalized spacial score (nSPS) is 11.4. The van der Waals surface area contributed by atoms with E-state index in [-0.39, 0.29) is 16.9 Å². The fraction of sp³-hybridized carbons (Fsp3) is 0. The number of hydrogen-bond donors (Lipinski definition) is 3. The summed E-state index contributed by atoms with van der Waals surface area (Å²) < 4.78 is 0.929. The molecule has 3 N–H and O–H groups in total. The van der Waals surface area contributed by atoms with Gasteiger partial charge in [0.25, 0.3) is 5.91 Å². The number of nitrogens with zero attached hydrogens (tertiary/aromatic N) is 1. The second kappa shape index (κ2) is 6.45. The van der Waals surface area contributed by atoms with Crippen molar-refractivity contribution >= 4 is 44.4 Å². The number of carbonyl (C=O) groups is 1. The summed E-state index contributed by atoms with van der Waals surface area (Å²) in [6.45, 7) is 0. The second-order valence-electron chi connectivity index (χ2n) is 5.60. The first-order valence-corrected chi connectivity index (χ1v) is 8.61. The van der Waals surface area contributed by atoms with Crippen LogP contribution in [0.3, 0.4) is 0 Å². The molecule has 2 heterocycles. The van der Waals surface area contributed by atoms with Crippen molar-refractivity contribution < 1.29 is 9.90 Å². The minimum Gasteiger partial charge on any atom is -0.506 e. The molecule has 0 fully saturated rings. The third-order valence-corrected chi connectivity index (χ3v) is 5.03. The second-order valence-corrected chi connectivity index (χ2v) is 6.69. The number of thiophene rings is 1. The third kappa shape index (κ3) is 2.84. The van der Waals surface area contributed by atoms with Crippen LogP contribution < -0.4 is 11.0 Å². The fourth-order valence-electron chi connectivity index (χ4n) is 2.74. The van der Waals surface area contributed by atoms with Crippen molar-refractivity contribution in [3.63, 3.8) is 0 Å². The van der Waals surface area contributed by atoms with Gasteiger partial charge in [0, 0.05) is 27.1 Å². The number of aromatic nitrogens is 1. The maximum Gasteiger partial charge on any atom is 0.272 e. The Labute approximate surface area is 151 Å². The highest BCUT2D eigenvalue weighted by Gasteiger charge is 2.12. The Morgan fingerprint density at radius 2 is 1.85 bits per heavy atom. The SMILES string of the molecule is O=C(N/N=C/c1sc2ccccc2c1O)c1cc(=O)[nH]c2ccccc12. The molecule has 4 aromatic rings. The van der Waals surface area contributed by atoms with Crippen molar-refractivity contribution in [2.24, 2.45) is 5.10 Å². The molecule has 26 heavy (non-hydrogen) atoms. The summed E-state index contributed by atoms with van der Waals surface area (Å²) in [5.74, 6) is -0.366. The summed E-state index contributed by atoms with van der Waals surface area (Å²) in [6, 6.07) is 15.7. The summed E-state index contributed by atoms with van der Waals surface area (Å²) in [5, 5.41) is 15.5. The van der Waals surface area contributed by atoms with E-state index in [1.54, 1.807) is 24.3 Å². The minimum absolute atomic E-state index is 0.130. The van der Waals surface area contributed by atoms with Gasteiger partial charge in [-0.1, -0.05) is 30.3 Å². The molecule has 2 aromatic heterocycles. The van der Waals surface area contributed by atoms with Crippen LogP contribution in [-0.4, -0.2) is 22.2 Å². The quantitative estimate of drug-likeness (QED) is 0.385. The summed E-state index contributed by atoms with van der Waals surface area (Å²) in [4.78, 5) is 27.4. The average molecular weight is 363 g/mol. The van der Waals surface area contributed by atoms with Gasteiger partial charge in [0.15, 0.2) is 0 Å². The van der Waals surface area contributed by atoms with E-state index in [2.05, 4.69) is 15.5 Å². The maximum atomic E-state index is 12.4. The first kappa shape index (κ1) is 16.0. The predicted octanol–water partition coefficient (Wildman–Crippen LogP) is 3.21. The Kier molecular flexibility index (Phi) is 3.98. The molecular formula is C19H13N3O3S. The Hall–Kier alpha value is -3.45. The lowest BCUT2D eigenvalue weighted by atomic mass is 10.1. The molecule has 0 radical (unpaired) electrons. The van der Waals surface area contributed by atoms with Crippen molar-refractivity contribution in [2.75, 3.05) is 0 Å². The van der Waals surface area contributed by atoms with E-state index >= 15 is 0 Å².